The summed E-state index contributed by atoms with van der Waals surface area (Å²) in [6, 6.07) is 0. The molecule has 0 aliphatic heterocycles. The third-order valence-electron chi connectivity index (χ3n) is 2.39. The Morgan fingerprint density at radius 3 is 2.38 bits per heavy atom. The van der Waals surface area contributed by atoms with Crippen LogP contribution < -0.4 is 0 Å². The first-order valence-corrected chi connectivity index (χ1v) is 6.21. The minimum absolute atomic E-state index is 0.317. The summed E-state index contributed by atoms with van der Waals surface area (Å²) in [5.41, 5.74) is 0. The van der Waals surface area contributed by atoms with Crippen LogP contribution in [0.15, 0.2) is 37.0 Å². The Kier molecular flexibility index (Phi) is 11.1. The van der Waals surface area contributed by atoms with Crippen molar-refractivity contribution in [1.82, 2.24) is 0 Å². The van der Waals surface area contributed by atoms with Crippen LogP contribution in [0.4, 0.5) is 0 Å². The Morgan fingerprint density at radius 2 is 1.69 bits per heavy atom. The highest BCUT2D eigenvalue weighted by Crippen LogP contribution is 2.07. The van der Waals surface area contributed by atoms with Crippen molar-refractivity contribution >= 4 is 5.78 Å². The van der Waals surface area contributed by atoms with E-state index in [0.29, 0.717) is 5.78 Å². The van der Waals surface area contributed by atoms with Crippen molar-refractivity contribution in [1.29, 1.82) is 0 Å². The van der Waals surface area contributed by atoms with Crippen LogP contribution in [0.1, 0.15) is 51.9 Å². The van der Waals surface area contributed by atoms with Gasteiger partial charge in [-0.2, -0.15) is 0 Å². The molecule has 0 aromatic carbocycles. The summed E-state index contributed by atoms with van der Waals surface area (Å²) in [6.45, 7) is 5.27. The Hall–Kier alpha value is -1.11. The molecule has 0 aromatic rings. The standard InChI is InChI=1S/C15H24O/c1-3-4-5-6-7-8-9-10-11-12-13-14-15(2)16/h3-7H,1,8-14H2,2H3. The molecule has 0 aliphatic carbocycles. The fourth-order valence-corrected chi connectivity index (χ4v) is 1.48. The average molecular weight is 220 g/mol. The Labute approximate surface area is 99.9 Å². The lowest BCUT2D eigenvalue weighted by atomic mass is 10.1. The second-order valence-corrected chi connectivity index (χ2v) is 4.06. The maximum absolute atomic E-state index is 10.7. The number of hydrogen-bond donors (Lipinski definition) is 0. The summed E-state index contributed by atoms with van der Waals surface area (Å²) in [4.78, 5) is 10.7. The van der Waals surface area contributed by atoms with Gasteiger partial charge < -0.3 is 4.79 Å². The van der Waals surface area contributed by atoms with Gasteiger partial charge in [0.2, 0.25) is 0 Å². The molecule has 0 N–H and O–H groups in total. The van der Waals surface area contributed by atoms with Crippen molar-refractivity contribution in [3.05, 3.63) is 37.0 Å². The van der Waals surface area contributed by atoms with Gasteiger partial charge in [-0.1, -0.05) is 56.2 Å². The first kappa shape index (κ1) is 14.9. The highest BCUT2D eigenvalue weighted by atomic mass is 16.1. The van der Waals surface area contributed by atoms with Crippen molar-refractivity contribution in [2.75, 3.05) is 0 Å². The number of allylic oxidation sites excluding steroid dienone is 5. The molecular weight excluding hydrogens is 196 g/mol. The van der Waals surface area contributed by atoms with E-state index in [1.165, 1.54) is 25.7 Å². The molecule has 0 aromatic heterocycles. The van der Waals surface area contributed by atoms with Gasteiger partial charge in [0.15, 0.2) is 0 Å². The highest BCUT2D eigenvalue weighted by Gasteiger charge is 1.93. The van der Waals surface area contributed by atoms with Crippen LogP contribution in [0, 0.1) is 0 Å². The summed E-state index contributed by atoms with van der Waals surface area (Å²) < 4.78 is 0. The van der Waals surface area contributed by atoms with E-state index in [9.17, 15) is 4.79 Å². The predicted molar refractivity (Wildman–Crippen MR) is 71.5 cm³/mol. The predicted octanol–water partition coefficient (Wildman–Crippen LogP) is 4.60. The van der Waals surface area contributed by atoms with E-state index >= 15 is 0 Å². The molecule has 90 valence electrons. The molecule has 0 rings (SSSR count). The lowest BCUT2D eigenvalue weighted by molar-refractivity contribution is -0.117. The zero-order valence-electron chi connectivity index (χ0n) is 10.5. The molecule has 0 saturated heterocycles. The van der Waals surface area contributed by atoms with E-state index in [0.717, 1.165) is 19.3 Å². The molecule has 1 heteroatoms. The smallest absolute Gasteiger partial charge is 0.129 e. The minimum Gasteiger partial charge on any atom is -0.300 e. The fraction of sp³-hybridized carbons (Fsp3) is 0.533. The molecule has 16 heavy (non-hydrogen) atoms. The van der Waals surface area contributed by atoms with Crippen LogP contribution in [-0.2, 0) is 4.79 Å². The zero-order valence-corrected chi connectivity index (χ0v) is 10.5. The van der Waals surface area contributed by atoms with E-state index < -0.39 is 0 Å². The fourth-order valence-electron chi connectivity index (χ4n) is 1.48. The molecule has 0 spiro atoms. The van der Waals surface area contributed by atoms with Gasteiger partial charge in [-0.3, -0.25) is 0 Å². The molecule has 1 nitrogen and oxygen atoms in total. The lowest BCUT2D eigenvalue weighted by Crippen LogP contribution is -1.89. The molecule has 0 radical (unpaired) electrons. The first-order chi connectivity index (χ1) is 7.77. The van der Waals surface area contributed by atoms with Gasteiger partial charge >= 0.3 is 0 Å². The maximum atomic E-state index is 10.7. The van der Waals surface area contributed by atoms with Crippen molar-refractivity contribution < 1.29 is 4.79 Å². The number of carbonyl (C=O) groups is 1. The average Bonchev–Trinajstić information content (AvgIpc) is 2.25. The third kappa shape index (κ3) is 12.9. The van der Waals surface area contributed by atoms with Crippen molar-refractivity contribution in [2.24, 2.45) is 0 Å². The SMILES string of the molecule is C=CC=CC=CCCCCCCCC(C)=O. The molecule has 0 fully saturated rings. The minimum atomic E-state index is 0.317. The van der Waals surface area contributed by atoms with Gasteiger partial charge in [-0.05, 0) is 26.2 Å². The van der Waals surface area contributed by atoms with Crippen LogP contribution in [0.25, 0.3) is 0 Å². The third-order valence-corrected chi connectivity index (χ3v) is 2.39. The number of rotatable bonds is 10. The Bertz CT molecular complexity index is 236. The van der Waals surface area contributed by atoms with E-state index in [-0.39, 0.29) is 0 Å². The van der Waals surface area contributed by atoms with Crippen LogP contribution in [0.2, 0.25) is 0 Å². The zero-order chi connectivity index (χ0) is 12.1. The largest absolute Gasteiger partial charge is 0.300 e. The second kappa shape index (κ2) is 12.0. The van der Waals surface area contributed by atoms with Gasteiger partial charge in [0.1, 0.15) is 5.78 Å². The highest BCUT2D eigenvalue weighted by molar-refractivity contribution is 5.75. The van der Waals surface area contributed by atoms with Crippen LogP contribution in [-0.4, -0.2) is 5.78 Å². The van der Waals surface area contributed by atoms with E-state index in [2.05, 4.69) is 18.7 Å². The van der Waals surface area contributed by atoms with Crippen molar-refractivity contribution in [3.63, 3.8) is 0 Å². The van der Waals surface area contributed by atoms with Crippen molar-refractivity contribution in [3.8, 4) is 0 Å². The summed E-state index contributed by atoms with van der Waals surface area (Å²) >= 11 is 0. The summed E-state index contributed by atoms with van der Waals surface area (Å²) in [7, 11) is 0. The molecular formula is C15H24O. The lowest BCUT2D eigenvalue weighted by Gasteiger charge is -1.98. The van der Waals surface area contributed by atoms with Gasteiger partial charge in [-0.25, -0.2) is 0 Å². The molecule has 0 bridgehead atoms. The summed E-state index contributed by atoms with van der Waals surface area (Å²) in [5, 5.41) is 0. The Balaban J connectivity index is 3.15. The van der Waals surface area contributed by atoms with Gasteiger partial charge in [0.05, 0.1) is 0 Å². The van der Waals surface area contributed by atoms with Gasteiger partial charge in [-0.15, -0.1) is 0 Å². The van der Waals surface area contributed by atoms with Gasteiger partial charge in [0.25, 0.3) is 0 Å². The summed E-state index contributed by atoms with van der Waals surface area (Å²) in [6.07, 6.45) is 17.9. The molecule has 0 atom stereocenters. The molecule has 0 amide bonds. The van der Waals surface area contributed by atoms with E-state index in [1.54, 1.807) is 13.0 Å². The number of carbonyl (C=O) groups excluding carboxylic acids is 1. The topological polar surface area (TPSA) is 17.1 Å². The number of hydrogen-bond acceptors (Lipinski definition) is 1. The monoisotopic (exact) mass is 220 g/mol. The van der Waals surface area contributed by atoms with Crippen LogP contribution in [0.3, 0.4) is 0 Å². The van der Waals surface area contributed by atoms with Crippen LogP contribution >= 0.6 is 0 Å². The quantitative estimate of drug-likeness (QED) is 0.388. The van der Waals surface area contributed by atoms with E-state index in [4.69, 9.17) is 0 Å². The maximum Gasteiger partial charge on any atom is 0.129 e. The number of Topliss-reactive ketones (excluding diaryl/α,β-unsaturated/α-hetero) is 1. The number of unbranched alkanes of at least 4 members (excludes halogenated alkanes) is 5. The normalized spacial score (nSPS) is 11.3. The molecule has 0 aliphatic rings. The van der Waals surface area contributed by atoms with E-state index in [1.807, 2.05) is 12.2 Å². The number of ketones is 1. The van der Waals surface area contributed by atoms with Crippen molar-refractivity contribution in [2.45, 2.75) is 51.9 Å². The van der Waals surface area contributed by atoms with Gasteiger partial charge in [0, 0.05) is 6.42 Å². The molecule has 0 heterocycles. The first-order valence-electron chi connectivity index (χ1n) is 6.21. The van der Waals surface area contributed by atoms with Crippen LogP contribution in [0.5, 0.6) is 0 Å². The Morgan fingerprint density at radius 1 is 1.00 bits per heavy atom. The summed E-state index contributed by atoms with van der Waals surface area (Å²) in [5.74, 6) is 0.317. The molecule has 0 unspecified atom stereocenters. The second-order valence-electron chi connectivity index (χ2n) is 4.06. The molecule has 0 saturated carbocycles.